The predicted molar refractivity (Wildman–Crippen MR) is 59.2 cm³/mol. The van der Waals surface area contributed by atoms with Crippen molar-refractivity contribution >= 4 is 21.9 Å². The zero-order chi connectivity index (χ0) is 12.2. The van der Waals surface area contributed by atoms with E-state index in [1.54, 1.807) is 6.92 Å². The Kier molecular flexibility index (Phi) is 3.95. The van der Waals surface area contributed by atoms with Crippen molar-refractivity contribution in [3.05, 3.63) is 29.8 Å². The van der Waals surface area contributed by atoms with Crippen LogP contribution >= 0.6 is 0 Å². The highest BCUT2D eigenvalue weighted by Gasteiger charge is 2.12. The Morgan fingerprint density at radius 2 is 1.81 bits per heavy atom. The number of sulfone groups is 1. The molecular formula is C11H12O4S. The monoisotopic (exact) mass is 240 g/mol. The topological polar surface area (TPSA) is 68.3 Å². The average Bonchev–Trinajstić information content (AvgIpc) is 2.29. The van der Waals surface area contributed by atoms with E-state index in [1.165, 1.54) is 24.3 Å². The minimum absolute atomic E-state index is 0.0225. The fraction of sp³-hybridized carbons (Fsp3) is 0.273. The van der Waals surface area contributed by atoms with Crippen LogP contribution in [0.4, 0.5) is 0 Å². The summed E-state index contributed by atoms with van der Waals surface area (Å²) in [6.07, 6.45) is 0.346. The Morgan fingerprint density at radius 1 is 1.25 bits per heavy atom. The number of carbonyl (C=O) groups is 2. The largest absolute Gasteiger partial charge is 0.303 e. The van der Waals surface area contributed by atoms with Gasteiger partial charge in [0.1, 0.15) is 6.29 Å². The van der Waals surface area contributed by atoms with Crippen molar-refractivity contribution in [1.29, 1.82) is 0 Å². The van der Waals surface area contributed by atoms with Gasteiger partial charge in [-0.15, -0.1) is 0 Å². The molecule has 0 bridgehead atoms. The van der Waals surface area contributed by atoms with Crippen LogP contribution < -0.4 is 0 Å². The molecule has 0 atom stereocenters. The van der Waals surface area contributed by atoms with E-state index in [9.17, 15) is 18.0 Å². The second-order valence-electron chi connectivity index (χ2n) is 3.22. The third kappa shape index (κ3) is 2.76. The lowest BCUT2D eigenvalue weighted by atomic mass is 10.1. The molecule has 0 radical (unpaired) electrons. The van der Waals surface area contributed by atoms with Gasteiger partial charge < -0.3 is 4.79 Å². The van der Waals surface area contributed by atoms with Gasteiger partial charge in [0.2, 0.25) is 0 Å². The number of rotatable bonds is 5. The fourth-order valence-electron chi connectivity index (χ4n) is 1.21. The molecule has 0 fully saturated rings. The molecule has 16 heavy (non-hydrogen) atoms. The summed E-state index contributed by atoms with van der Waals surface area (Å²) < 4.78 is 22.9. The molecule has 0 heterocycles. The Bertz CT molecular complexity index is 485. The molecule has 5 heteroatoms. The molecule has 0 amide bonds. The van der Waals surface area contributed by atoms with Crippen LogP contribution in [0.5, 0.6) is 0 Å². The van der Waals surface area contributed by atoms with Gasteiger partial charge in [-0.3, -0.25) is 4.79 Å². The standard InChI is InChI=1S/C11H12O4S/c1-2-16(14,15)10-5-3-9(4-6-10)11(13)7-8-12/h3-6,8H,2,7H2,1H3. The zero-order valence-electron chi connectivity index (χ0n) is 8.84. The minimum Gasteiger partial charge on any atom is -0.303 e. The molecule has 1 aromatic rings. The maximum absolute atomic E-state index is 11.5. The van der Waals surface area contributed by atoms with E-state index in [-0.39, 0.29) is 22.9 Å². The van der Waals surface area contributed by atoms with Crippen LogP contribution in [0.25, 0.3) is 0 Å². The maximum atomic E-state index is 11.5. The molecule has 0 saturated heterocycles. The van der Waals surface area contributed by atoms with E-state index in [0.29, 0.717) is 11.8 Å². The molecule has 0 unspecified atom stereocenters. The summed E-state index contributed by atoms with van der Waals surface area (Å²) >= 11 is 0. The Labute approximate surface area is 94.2 Å². The maximum Gasteiger partial charge on any atom is 0.178 e. The minimum atomic E-state index is -3.23. The van der Waals surface area contributed by atoms with Gasteiger partial charge in [0.05, 0.1) is 17.1 Å². The molecule has 4 nitrogen and oxygen atoms in total. The number of ketones is 1. The number of carbonyl (C=O) groups excluding carboxylic acids is 2. The molecular weight excluding hydrogens is 228 g/mol. The van der Waals surface area contributed by atoms with E-state index in [2.05, 4.69) is 0 Å². The number of aldehydes is 1. The Morgan fingerprint density at radius 3 is 2.25 bits per heavy atom. The third-order valence-electron chi connectivity index (χ3n) is 2.18. The van der Waals surface area contributed by atoms with Crippen molar-refractivity contribution < 1.29 is 18.0 Å². The van der Waals surface area contributed by atoms with Gasteiger partial charge in [-0.05, 0) is 12.1 Å². The van der Waals surface area contributed by atoms with Crippen molar-refractivity contribution in [3.63, 3.8) is 0 Å². The average molecular weight is 240 g/mol. The van der Waals surface area contributed by atoms with E-state index in [4.69, 9.17) is 0 Å². The molecule has 0 aliphatic carbocycles. The lowest BCUT2D eigenvalue weighted by Gasteiger charge is -2.02. The first-order chi connectivity index (χ1) is 7.51. The van der Waals surface area contributed by atoms with Gasteiger partial charge in [0.15, 0.2) is 15.6 Å². The molecule has 0 spiro atoms. The summed E-state index contributed by atoms with van der Waals surface area (Å²) in [4.78, 5) is 21.6. The van der Waals surface area contributed by atoms with Crippen molar-refractivity contribution in [2.45, 2.75) is 18.2 Å². The molecule has 0 aliphatic rings. The van der Waals surface area contributed by atoms with Crippen LogP contribution in [0.1, 0.15) is 23.7 Å². The van der Waals surface area contributed by atoms with Gasteiger partial charge in [0, 0.05) is 5.56 Å². The number of hydrogen-bond acceptors (Lipinski definition) is 4. The smallest absolute Gasteiger partial charge is 0.178 e. The summed E-state index contributed by atoms with van der Waals surface area (Å²) in [5.41, 5.74) is 0.349. The highest BCUT2D eigenvalue weighted by Crippen LogP contribution is 2.13. The Balaban J connectivity index is 3.00. The van der Waals surface area contributed by atoms with Gasteiger partial charge in [-0.25, -0.2) is 8.42 Å². The van der Waals surface area contributed by atoms with E-state index < -0.39 is 9.84 Å². The SMILES string of the molecule is CCS(=O)(=O)c1ccc(C(=O)CC=O)cc1. The molecule has 1 rings (SSSR count). The number of benzene rings is 1. The number of Topliss-reactive ketones (excluding diaryl/α,β-unsaturated/α-hetero) is 1. The van der Waals surface area contributed by atoms with Crippen molar-refractivity contribution in [1.82, 2.24) is 0 Å². The first-order valence-corrected chi connectivity index (χ1v) is 6.46. The van der Waals surface area contributed by atoms with Gasteiger partial charge >= 0.3 is 0 Å². The van der Waals surface area contributed by atoms with Gasteiger partial charge in [0.25, 0.3) is 0 Å². The summed E-state index contributed by atoms with van der Waals surface area (Å²) in [5.74, 6) is -0.287. The number of hydrogen-bond donors (Lipinski definition) is 0. The first kappa shape index (κ1) is 12.6. The molecule has 0 N–H and O–H groups in total. The molecule has 0 saturated carbocycles. The Hall–Kier alpha value is -1.49. The van der Waals surface area contributed by atoms with E-state index in [0.717, 1.165) is 0 Å². The fourth-order valence-corrected chi connectivity index (χ4v) is 2.09. The molecule has 86 valence electrons. The summed E-state index contributed by atoms with van der Waals surface area (Å²) in [6.45, 7) is 1.56. The van der Waals surface area contributed by atoms with Crippen LogP contribution in [0.2, 0.25) is 0 Å². The van der Waals surface area contributed by atoms with Crippen LogP contribution in [0.15, 0.2) is 29.2 Å². The zero-order valence-corrected chi connectivity index (χ0v) is 9.66. The summed E-state index contributed by atoms with van der Waals surface area (Å²) in [5, 5.41) is 0. The van der Waals surface area contributed by atoms with Crippen molar-refractivity contribution in [3.8, 4) is 0 Å². The molecule has 0 aromatic heterocycles. The van der Waals surface area contributed by atoms with Crippen LogP contribution in [-0.4, -0.2) is 26.2 Å². The summed E-state index contributed by atoms with van der Waals surface area (Å²) in [7, 11) is -3.23. The van der Waals surface area contributed by atoms with E-state index in [1.807, 2.05) is 0 Å². The molecule has 0 aliphatic heterocycles. The predicted octanol–water partition coefficient (Wildman–Crippen LogP) is 1.25. The lowest BCUT2D eigenvalue weighted by molar-refractivity contribution is -0.107. The van der Waals surface area contributed by atoms with Crippen molar-refractivity contribution in [2.75, 3.05) is 5.75 Å². The highest BCUT2D eigenvalue weighted by atomic mass is 32.2. The second-order valence-corrected chi connectivity index (χ2v) is 5.50. The molecule has 1 aromatic carbocycles. The summed E-state index contributed by atoms with van der Waals surface area (Å²) in [6, 6.07) is 5.62. The van der Waals surface area contributed by atoms with Gasteiger partial charge in [-0.1, -0.05) is 19.1 Å². The normalized spacial score (nSPS) is 11.1. The van der Waals surface area contributed by atoms with Crippen LogP contribution in [-0.2, 0) is 14.6 Å². The highest BCUT2D eigenvalue weighted by molar-refractivity contribution is 7.91. The van der Waals surface area contributed by atoms with Gasteiger partial charge in [-0.2, -0.15) is 0 Å². The van der Waals surface area contributed by atoms with E-state index >= 15 is 0 Å². The quantitative estimate of drug-likeness (QED) is 0.441. The first-order valence-electron chi connectivity index (χ1n) is 4.81. The third-order valence-corrected chi connectivity index (χ3v) is 3.93. The van der Waals surface area contributed by atoms with Crippen LogP contribution in [0.3, 0.4) is 0 Å². The van der Waals surface area contributed by atoms with Crippen molar-refractivity contribution in [2.24, 2.45) is 0 Å². The van der Waals surface area contributed by atoms with Crippen LogP contribution in [0, 0.1) is 0 Å². The lowest BCUT2D eigenvalue weighted by Crippen LogP contribution is -2.05. The second kappa shape index (κ2) is 5.03.